The highest BCUT2D eigenvalue weighted by Gasteiger charge is 2.19. The fourth-order valence-corrected chi connectivity index (χ4v) is 2.19. The molecule has 2 heterocycles. The third-order valence-electron chi connectivity index (χ3n) is 2.96. The number of nitrogens with zero attached hydrogens (tertiary/aromatic N) is 3. The molecule has 0 bridgehead atoms. The van der Waals surface area contributed by atoms with Gasteiger partial charge in [-0.15, -0.1) is 0 Å². The van der Waals surface area contributed by atoms with Crippen LogP contribution in [0.3, 0.4) is 0 Å². The van der Waals surface area contributed by atoms with Gasteiger partial charge in [0, 0.05) is 51.3 Å². The molecule has 0 spiro atoms. The number of aromatic nitrogens is 1. The van der Waals surface area contributed by atoms with Crippen molar-refractivity contribution in [1.29, 1.82) is 0 Å². The Bertz CT molecular complexity index is 304. The zero-order valence-corrected chi connectivity index (χ0v) is 10.1. The minimum atomic E-state index is 0.619. The summed E-state index contributed by atoms with van der Waals surface area (Å²) in [6.07, 6.45) is 6.11. The Kier molecular flexibility index (Phi) is 3.74. The van der Waals surface area contributed by atoms with Crippen LogP contribution < -0.4 is 10.3 Å². The molecule has 0 radical (unpaired) electrons. The second-order valence-corrected chi connectivity index (χ2v) is 4.49. The molecule has 0 saturated carbocycles. The lowest BCUT2D eigenvalue weighted by Crippen LogP contribution is -2.47. The van der Waals surface area contributed by atoms with Gasteiger partial charge in [-0.05, 0) is 25.0 Å². The summed E-state index contributed by atoms with van der Waals surface area (Å²) in [6.45, 7) is 2.24. The maximum absolute atomic E-state index is 4.05. The molecule has 4 heteroatoms. The second-order valence-electron chi connectivity index (χ2n) is 4.49. The molecule has 1 saturated heterocycles. The van der Waals surface area contributed by atoms with Crippen LogP contribution in [0.1, 0.15) is 12.8 Å². The van der Waals surface area contributed by atoms with Crippen LogP contribution in [0.25, 0.3) is 0 Å². The first-order chi connectivity index (χ1) is 7.75. The van der Waals surface area contributed by atoms with Crippen molar-refractivity contribution in [2.45, 2.75) is 18.9 Å². The van der Waals surface area contributed by atoms with E-state index in [2.05, 4.69) is 41.5 Å². The molecule has 1 aromatic rings. The Morgan fingerprint density at radius 1 is 1.25 bits per heavy atom. The smallest absolute Gasteiger partial charge is 0.0397 e. The molecule has 1 N–H and O–H groups in total. The molecular weight excluding hydrogens is 200 g/mol. The Morgan fingerprint density at radius 3 is 2.44 bits per heavy atom. The molecular formula is C12H20N4. The molecule has 0 aromatic carbocycles. The van der Waals surface area contributed by atoms with Crippen molar-refractivity contribution >= 4 is 5.69 Å². The van der Waals surface area contributed by atoms with Crippen LogP contribution >= 0.6 is 0 Å². The number of hydrogen-bond acceptors (Lipinski definition) is 4. The number of hydrazine groups is 1. The number of piperidine rings is 1. The molecule has 1 aliphatic rings. The first-order valence-corrected chi connectivity index (χ1v) is 5.84. The average Bonchev–Trinajstić information content (AvgIpc) is 2.30. The highest BCUT2D eigenvalue weighted by molar-refractivity contribution is 5.44. The van der Waals surface area contributed by atoms with Crippen LogP contribution in [-0.4, -0.2) is 43.2 Å². The minimum Gasteiger partial charge on any atom is -0.371 e. The van der Waals surface area contributed by atoms with Gasteiger partial charge >= 0.3 is 0 Å². The molecule has 0 unspecified atom stereocenters. The van der Waals surface area contributed by atoms with E-state index in [1.165, 1.54) is 18.5 Å². The van der Waals surface area contributed by atoms with E-state index in [0.717, 1.165) is 13.1 Å². The molecule has 88 valence electrons. The number of hydrogen-bond donors (Lipinski definition) is 1. The normalized spacial score (nSPS) is 18.1. The predicted molar refractivity (Wildman–Crippen MR) is 66.3 cm³/mol. The molecule has 0 atom stereocenters. The number of rotatable bonds is 3. The Labute approximate surface area is 97.2 Å². The van der Waals surface area contributed by atoms with Gasteiger partial charge in [-0.2, -0.15) is 0 Å². The van der Waals surface area contributed by atoms with Crippen LogP contribution in [0.15, 0.2) is 24.5 Å². The Morgan fingerprint density at radius 2 is 1.88 bits per heavy atom. The summed E-state index contributed by atoms with van der Waals surface area (Å²) in [5, 5.41) is 2.05. The van der Waals surface area contributed by atoms with E-state index >= 15 is 0 Å². The molecule has 4 nitrogen and oxygen atoms in total. The van der Waals surface area contributed by atoms with Crippen molar-refractivity contribution in [2.75, 3.05) is 32.1 Å². The summed E-state index contributed by atoms with van der Waals surface area (Å²) in [6, 6.07) is 4.78. The molecule has 0 aliphatic carbocycles. The van der Waals surface area contributed by atoms with Crippen LogP contribution in [0.2, 0.25) is 0 Å². The highest BCUT2D eigenvalue weighted by atomic mass is 15.5. The molecule has 16 heavy (non-hydrogen) atoms. The standard InChI is InChI=1S/C12H20N4/c1-15(2)14-11-5-9-16(10-6-11)12-3-7-13-8-4-12/h3-4,7-8,11,14H,5-6,9-10H2,1-2H3. The van der Waals surface area contributed by atoms with E-state index in [0.29, 0.717) is 6.04 Å². The molecule has 0 amide bonds. The fraction of sp³-hybridized carbons (Fsp3) is 0.583. The summed E-state index contributed by atoms with van der Waals surface area (Å²) in [5.41, 5.74) is 4.74. The lowest BCUT2D eigenvalue weighted by atomic mass is 10.1. The highest BCUT2D eigenvalue weighted by Crippen LogP contribution is 2.18. The van der Waals surface area contributed by atoms with Gasteiger partial charge in [-0.1, -0.05) is 0 Å². The Balaban J connectivity index is 1.86. The van der Waals surface area contributed by atoms with Crippen molar-refractivity contribution in [3.05, 3.63) is 24.5 Å². The molecule has 2 rings (SSSR count). The van der Waals surface area contributed by atoms with Gasteiger partial charge in [0.15, 0.2) is 0 Å². The van der Waals surface area contributed by atoms with Gasteiger partial charge < -0.3 is 4.90 Å². The first-order valence-electron chi connectivity index (χ1n) is 5.84. The number of pyridine rings is 1. The quantitative estimate of drug-likeness (QED) is 0.773. The summed E-state index contributed by atoms with van der Waals surface area (Å²) in [4.78, 5) is 6.47. The van der Waals surface area contributed by atoms with Crippen molar-refractivity contribution in [2.24, 2.45) is 0 Å². The summed E-state index contributed by atoms with van der Waals surface area (Å²) in [7, 11) is 4.10. The Hall–Kier alpha value is -1.13. The number of anilines is 1. The molecule has 1 aliphatic heterocycles. The lowest BCUT2D eigenvalue weighted by Gasteiger charge is -2.35. The van der Waals surface area contributed by atoms with Crippen molar-refractivity contribution in [3.63, 3.8) is 0 Å². The van der Waals surface area contributed by atoms with Gasteiger partial charge in [-0.3, -0.25) is 15.4 Å². The lowest BCUT2D eigenvalue weighted by molar-refractivity contribution is 0.219. The van der Waals surface area contributed by atoms with Crippen molar-refractivity contribution in [1.82, 2.24) is 15.4 Å². The van der Waals surface area contributed by atoms with Crippen LogP contribution in [0.4, 0.5) is 5.69 Å². The molecule has 1 aromatic heterocycles. The maximum Gasteiger partial charge on any atom is 0.0397 e. The van der Waals surface area contributed by atoms with E-state index in [-0.39, 0.29) is 0 Å². The topological polar surface area (TPSA) is 31.4 Å². The predicted octanol–water partition coefficient (Wildman–Crippen LogP) is 1.12. The van der Waals surface area contributed by atoms with E-state index in [9.17, 15) is 0 Å². The monoisotopic (exact) mass is 220 g/mol. The average molecular weight is 220 g/mol. The first kappa shape index (κ1) is 11.4. The fourth-order valence-electron chi connectivity index (χ4n) is 2.19. The zero-order chi connectivity index (χ0) is 11.4. The van der Waals surface area contributed by atoms with Crippen LogP contribution in [-0.2, 0) is 0 Å². The summed E-state index contributed by atoms with van der Waals surface area (Å²) < 4.78 is 0. The largest absolute Gasteiger partial charge is 0.371 e. The minimum absolute atomic E-state index is 0.619. The van der Waals surface area contributed by atoms with E-state index < -0.39 is 0 Å². The van der Waals surface area contributed by atoms with Gasteiger partial charge in [0.25, 0.3) is 0 Å². The second kappa shape index (κ2) is 5.27. The summed E-state index contributed by atoms with van der Waals surface area (Å²) in [5.74, 6) is 0. The van der Waals surface area contributed by atoms with Crippen molar-refractivity contribution < 1.29 is 0 Å². The van der Waals surface area contributed by atoms with Gasteiger partial charge in [0.2, 0.25) is 0 Å². The third-order valence-corrected chi connectivity index (χ3v) is 2.96. The van der Waals surface area contributed by atoms with Gasteiger partial charge in [0.1, 0.15) is 0 Å². The SMILES string of the molecule is CN(C)NC1CCN(c2ccncc2)CC1. The van der Waals surface area contributed by atoms with Gasteiger partial charge in [-0.25, -0.2) is 0 Å². The third kappa shape index (κ3) is 2.93. The number of nitrogens with one attached hydrogen (secondary N) is 1. The van der Waals surface area contributed by atoms with Crippen LogP contribution in [0.5, 0.6) is 0 Å². The van der Waals surface area contributed by atoms with Crippen molar-refractivity contribution in [3.8, 4) is 0 Å². The van der Waals surface area contributed by atoms with Gasteiger partial charge in [0.05, 0.1) is 0 Å². The van der Waals surface area contributed by atoms with Crippen LogP contribution in [0, 0.1) is 0 Å². The van der Waals surface area contributed by atoms with E-state index in [1.54, 1.807) is 0 Å². The van der Waals surface area contributed by atoms with E-state index in [4.69, 9.17) is 0 Å². The summed E-state index contributed by atoms with van der Waals surface area (Å²) >= 11 is 0. The maximum atomic E-state index is 4.05. The zero-order valence-electron chi connectivity index (χ0n) is 10.1. The molecule has 1 fully saturated rings. The van der Waals surface area contributed by atoms with E-state index in [1.807, 2.05) is 17.4 Å².